The minimum Gasteiger partial charge on any atom is -0.382 e. The highest BCUT2D eigenvalue weighted by atomic mass is 32.2. The predicted octanol–water partition coefficient (Wildman–Crippen LogP) is 2.65. The zero-order valence-electron chi connectivity index (χ0n) is 12.9. The van der Waals surface area contributed by atoms with Crippen LogP contribution < -0.4 is 0 Å². The molecule has 0 aliphatic heterocycles. The van der Waals surface area contributed by atoms with Crippen molar-refractivity contribution in [3.05, 3.63) is 65.7 Å². The summed E-state index contributed by atoms with van der Waals surface area (Å²) in [6.07, 6.45) is 0. The topological polar surface area (TPSA) is 63.6 Å². The summed E-state index contributed by atoms with van der Waals surface area (Å²) in [5.41, 5.74) is -1.74. The molecule has 0 aromatic heterocycles. The molecule has 0 radical (unpaired) electrons. The van der Waals surface area contributed by atoms with Gasteiger partial charge in [0.05, 0.1) is 4.90 Å². The molecule has 0 aliphatic rings. The summed E-state index contributed by atoms with van der Waals surface area (Å²) in [6.45, 7) is 3.29. The second kappa shape index (κ2) is 6.20. The molecule has 0 spiro atoms. The highest BCUT2D eigenvalue weighted by molar-refractivity contribution is 7.92. The molecule has 2 unspecified atom stereocenters. The van der Waals surface area contributed by atoms with Crippen molar-refractivity contribution >= 4 is 9.84 Å². The van der Waals surface area contributed by atoms with Crippen molar-refractivity contribution in [1.29, 1.82) is 0 Å². The third kappa shape index (κ3) is 2.92. The Morgan fingerprint density at radius 2 is 1.59 bits per heavy atom. The van der Waals surface area contributed by atoms with E-state index >= 15 is 0 Å². The van der Waals surface area contributed by atoms with E-state index in [4.69, 9.17) is 4.74 Å². The van der Waals surface area contributed by atoms with E-state index in [9.17, 15) is 13.5 Å². The van der Waals surface area contributed by atoms with E-state index in [-0.39, 0.29) is 4.90 Å². The van der Waals surface area contributed by atoms with Gasteiger partial charge < -0.3 is 9.84 Å². The first kappa shape index (κ1) is 16.7. The first-order valence-corrected chi connectivity index (χ1v) is 8.46. The number of hydrogen-bond donors (Lipinski definition) is 1. The first-order valence-electron chi connectivity index (χ1n) is 6.92. The van der Waals surface area contributed by atoms with Gasteiger partial charge in [-0.1, -0.05) is 42.5 Å². The van der Waals surface area contributed by atoms with Crippen LogP contribution in [-0.4, -0.2) is 26.1 Å². The molecule has 0 saturated carbocycles. The van der Waals surface area contributed by atoms with Crippen molar-refractivity contribution in [2.45, 2.75) is 29.8 Å². The molecule has 2 aromatic rings. The number of sulfone groups is 1. The van der Waals surface area contributed by atoms with Crippen molar-refractivity contribution < 1.29 is 18.3 Å². The van der Waals surface area contributed by atoms with Gasteiger partial charge >= 0.3 is 0 Å². The highest BCUT2D eigenvalue weighted by Crippen LogP contribution is 2.34. The highest BCUT2D eigenvalue weighted by Gasteiger charge is 2.44. The average molecular weight is 320 g/mol. The molecule has 0 aliphatic carbocycles. The largest absolute Gasteiger partial charge is 0.382 e. The average Bonchev–Trinajstić information content (AvgIpc) is 2.48. The molecule has 5 heteroatoms. The van der Waals surface area contributed by atoms with Gasteiger partial charge in [-0.2, -0.15) is 0 Å². The summed E-state index contributed by atoms with van der Waals surface area (Å²) in [4.78, 5) is 0.121. The van der Waals surface area contributed by atoms with Gasteiger partial charge in [-0.05, 0) is 37.1 Å². The van der Waals surface area contributed by atoms with Crippen molar-refractivity contribution in [3.63, 3.8) is 0 Å². The smallest absolute Gasteiger partial charge is 0.208 e. The Balaban J connectivity index is 2.54. The lowest BCUT2D eigenvalue weighted by Gasteiger charge is -2.33. The van der Waals surface area contributed by atoms with E-state index < -0.39 is 20.9 Å². The molecule has 0 fully saturated rings. The zero-order valence-corrected chi connectivity index (χ0v) is 13.7. The Labute approximate surface area is 131 Å². The lowest BCUT2D eigenvalue weighted by molar-refractivity contribution is -0.0458. The minimum atomic E-state index is -3.85. The molecule has 2 rings (SSSR count). The number of rotatable bonds is 5. The second-order valence-corrected chi connectivity index (χ2v) is 7.38. The molecule has 0 saturated heterocycles. The van der Waals surface area contributed by atoms with Crippen LogP contribution in [0, 0.1) is 6.92 Å². The lowest BCUT2D eigenvalue weighted by Crippen LogP contribution is -2.44. The number of hydrogen-bond acceptors (Lipinski definition) is 4. The van der Waals surface area contributed by atoms with Crippen LogP contribution in [0.4, 0.5) is 0 Å². The van der Waals surface area contributed by atoms with Gasteiger partial charge in [0, 0.05) is 7.11 Å². The predicted molar refractivity (Wildman–Crippen MR) is 85.2 cm³/mol. The van der Waals surface area contributed by atoms with E-state index in [0.29, 0.717) is 5.56 Å². The van der Waals surface area contributed by atoms with Crippen molar-refractivity contribution in [3.8, 4) is 0 Å². The van der Waals surface area contributed by atoms with Gasteiger partial charge in [-0.3, -0.25) is 0 Å². The van der Waals surface area contributed by atoms with Gasteiger partial charge in [0.15, 0.2) is 5.44 Å². The fourth-order valence-corrected chi connectivity index (χ4v) is 4.43. The normalized spacial score (nSPS) is 16.0. The third-order valence-corrected chi connectivity index (χ3v) is 5.86. The van der Waals surface area contributed by atoms with Gasteiger partial charge in [0.25, 0.3) is 0 Å². The maximum Gasteiger partial charge on any atom is 0.208 e. The van der Waals surface area contributed by atoms with Crippen molar-refractivity contribution in [1.82, 2.24) is 0 Å². The molecule has 0 heterocycles. The molecule has 1 N–H and O–H groups in total. The summed E-state index contributed by atoms with van der Waals surface area (Å²) in [6, 6.07) is 15.1. The Hall–Kier alpha value is -1.69. The fraction of sp³-hybridized carbons (Fsp3) is 0.294. The maximum absolute atomic E-state index is 12.8. The molecule has 0 amide bonds. The Morgan fingerprint density at radius 3 is 2.14 bits per heavy atom. The van der Waals surface area contributed by atoms with Crippen LogP contribution in [0.2, 0.25) is 0 Å². The van der Waals surface area contributed by atoms with Crippen LogP contribution in [0.3, 0.4) is 0 Å². The van der Waals surface area contributed by atoms with Gasteiger partial charge in [-0.15, -0.1) is 0 Å². The number of benzene rings is 2. The monoisotopic (exact) mass is 320 g/mol. The zero-order chi connectivity index (χ0) is 16.4. The van der Waals surface area contributed by atoms with E-state index in [1.165, 1.54) is 26.2 Å². The van der Waals surface area contributed by atoms with Crippen LogP contribution in [0.1, 0.15) is 18.1 Å². The van der Waals surface area contributed by atoms with Crippen LogP contribution in [0.25, 0.3) is 0 Å². The lowest BCUT2D eigenvalue weighted by atomic mass is 9.92. The van der Waals surface area contributed by atoms with Crippen LogP contribution in [-0.2, 0) is 20.2 Å². The third-order valence-electron chi connectivity index (χ3n) is 3.72. The summed E-state index contributed by atoms with van der Waals surface area (Å²) in [5, 5.41) is 10.9. The van der Waals surface area contributed by atoms with E-state index in [1.807, 2.05) is 19.1 Å². The Kier molecular flexibility index (Phi) is 4.70. The standard InChI is InChI=1S/C17H20O4S/c1-13-9-7-8-12-15(13)17(2,18)16(21-3)22(19,20)14-10-5-4-6-11-14/h4-12,16,18H,1-3H3. The maximum atomic E-state index is 12.8. The van der Waals surface area contributed by atoms with Crippen molar-refractivity contribution in [2.75, 3.05) is 7.11 Å². The number of aliphatic hydroxyl groups is 1. The molecule has 0 bridgehead atoms. The summed E-state index contributed by atoms with van der Waals surface area (Å²) in [5.74, 6) is 0. The van der Waals surface area contributed by atoms with E-state index in [0.717, 1.165) is 5.56 Å². The van der Waals surface area contributed by atoms with E-state index in [2.05, 4.69) is 0 Å². The van der Waals surface area contributed by atoms with Gasteiger partial charge in [-0.25, -0.2) is 8.42 Å². The van der Waals surface area contributed by atoms with Crippen LogP contribution in [0.5, 0.6) is 0 Å². The Bertz CT molecular complexity index is 736. The molecular formula is C17H20O4S. The number of methoxy groups -OCH3 is 1. The molecular weight excluding hydrogens is 300 g/mol. The summed E-state index contributed by atoms with van der Waals surface area (Å²) in [7, 11) is -2.56. The summed E-state index contributed by atoms with van der Waals surface area (Å²) >= 11 is 0. The van der Waals surface area contributed by atoms with E-state index in [1.54, 1.807) is 30.3 Å². The molecule has 118 valence electrons. The number of ether oxygens (including phenoxy) is 1. The van der Waals surface area contributed by atoms with Crippen LogP contribution >= 0.6 is 0 Å². The molecule has 2 atom stereocenters. The molecule has 4 nitrogen and oxygen atoms in total. The summed E-state index contributed by atoms with van der Waals surface area (Å²) < 4.78 is 30.8. The molecule has 2 aromatic carbocycles. The van der Waals surface area contributed by atoms with Crippen molar-refractivity contribution in [2.24, 2.45) is 0 Å². The van der Waals surface area contributed by atoms with Crippen LogP contribution in [0.15, 0.2) is 59.5 Å². The second-order valence-electron chi connectivity index (χ2n) is 5.39. The van der Waals surface area contributed by atoms with Gasteiger partial charge in [0.1, 0.15) is 5.60 Å². The first-order chi connectivity index (χ1) is 10.3. The Morgan fingerprint density at radius 1 is 1.05 bits per heavy atom. The van der Waals surface area contributed by atoms with Gasteiger partial charge in [0.2, 0.25) is 9.84 Å². The number of aryl methyl sites for hydroxylation is 1. The fourth-order valence-electron chi connectivity index (χ4n) is 2.66. The SMILES string of the molecule is COC(C(C)(O)c1ccccc1C)S(=O)(=O)c1ccccc1. The quantitative estimate of drug-likeness (QED) is 0.920. The minimum absolute atomic E-state index is 0.121. The molecule has 22 heavy (non-hydrogen) atoms.